The number of hydrogen-bond donors (Lipinski definition) is 1. The van der Waals surface area contributed by atoms with Gasteiger partial charge in [0.05, 0.1) is 18.9 Å². The van der Waals surface area contributed by atoms with Crippen LogP contribution in [0.25, 0.3) is 0 Å². The molecule has 4 nitrogen and oxygen atoms in total. The Morgan fingerprint density at radius 2 is 1.73 bits per heavy atom. The molecule has 0 aliphatic rings. The summed E-state index contributed by atoms with van der Waals surface area (Å²) in [7, 11) is 0. The van der Waals surface area contributed by atoms with Gasteiger partial charge in [-0.25, -0.2) is 0 Å². The maximum atomic E-state index is 11.1. The van der Waals surface area contributed by atoms with Crippen LogP contribution in [0, 0.1) is 0 Å². The maximum Gasteiger partial charge on any atom is 0.221 e. The van der Waals surface area contributed by atoms with Crippen molar-refractivity contribution in [2.45, 2.75) is 13.3 Å². The summed E-state index contributed by atoms with van der Waals surface area (Å²) >= 11 is 5.81. The van der Waals surface area contributed by atoms with Gasteiger partial charge in [-0.15, -0.1) is 0 Å². The number of nitrogens with one attached hydrogen (secondary N) is 1. The van der Waals surface area contributed by atoms with Crippen LogP contribution in [-0.2, 0) is 4.79 Å². The van der Waals surface area contributed by atoms with E-state index in [0.717, 1.165) is 12.2 Å². The molecule has 0 aliphatic carbocycles. The number of anilines is 1. The Balaban J connectivity index is 1.74. The number of benzene rings is 2. The molecule has 1 amide bonds. The Labute approximate surface area is 135 Å². The second-order valence-corrected chi connectivity index (χ2v) is 5.12. The lowest BCUT2D eigenvalue weighted by Crippen LogP contribution is -2.09. The molecule has 0 radical (unpaired) electrons. The van der Waals surface area contributed by atoms with Crippen molar-refractivity contribution in [1.82, 2.24) is 0 Å². The first kappa shape index (κ1) is 16.2. The SMILES string of the molecule is CC(=O)Nc1ccccc1OCCCOc1ccc(Cl)cc1. The van der Waals surface area contributed by atoms with Crippen LogP contribution in [0.15, 0.2) is 48.5 Å². The normalized spacial score (nSPS) is 10.1. The number of halogens is 1. The minimum absolute atomic E-state index is 0.123. The van der Waals surface area contributed by atoms with Crippen LogP contribution in [0.1, 0.15) is 13.3 Å². The van der Waals surface area contributed by atoms with Gasteiger partial charge in [-0.05, 0) is 36.4 Å². The summed E-state index contributed by atoms with van der Waals surface area (Å²) in [6.07, 6.45) is 0.733. The number of hydrogen-bond acceptors (Lipinski definition) is 3. The topological polar surface area (TPSA) is 47.6 Å². The quantitative estimate of drug-likeness (QED) is 0.780. The second-order valence-electron chi connectivity index (χ2n) is 4.68. The first-order chi connectivity index (χ1) is 10.6. The van der Waals surface area contributed by atoms with Gasteiger partial charge in [0.1, 0.15) is 11.5 Å². The van der Waals surface area contributed by atoms with E-state index >= 15 is 0 Å². The summed E-state index contributed by atoms with van der Waals surface area (Å²) in [5.41, 5.74) is 0.675. The molecule has 0 bridgehead atoms. The van der Waals surface area contributed by atoms with Crippen molar-refractivity contribution in [3.05, 3.63) is 53.6 Å². The molecule has 1 N–H and O–H groups in total. The van der Waals surface area contributed by atoms with Crippen molar-refractivity contribution < 1.29 is 14.3 Å². The van der Waals surface area contributed by atoms with Gasteiger partial charge in [0, 0.05) is 18.4 Å². The zero-order valence-corrected chi connectivity index (χ0v) is 13.1. The summed E-state index contributed by atoms with van der Waals surface area (Å²) in [5.74, 6) is 1.31. The molecule has 5 heteroatoms. The van der Waals surface area contributed by atoms with Gasteiger partial charge < -0.3 is 14.8 Å². The molecule has 2 aromatic rings. The third-order valence-electron chi connectivity index (χ3n) is 2.83. The van der Waals surface area contributed by atoms with E-state index in [1.807, 2.05) is 30.3 Å². The van der Waals surface area contributed by atoms with Gasteiger partial charge in [0.2, 0.25) is 5.91 Å². The first-order valence-electron chi connectivity index (χ1n) is 7.03. The van der Waals surface area contributed by atoms with Crippen molar-refractivity contribution in [2.24, 2.45) is 0 Å². The summed E-state index contributed by atoms with van der Waals surface area (Å²) in [5, 5.41) is 3.42. The fourth-order valence-electron chi connectivity index (χ4n) is 1.85. The van der Waals surface area contributed by atoms with E-state index < -0.39 is 0 Å². The van der Waals surface area contributed by atoms with Crippen LogP contribution in [0.4, 0.5) is 5.69 Å². The average molecular weight is 320 g/mol. The largest absolute Gasteiger partial charge is 0.493 e. The van der Waals surface area contributed by atoms with Crippen molar-refractivity contribution in [1.29, 1.82) is 0 Å². The molecule has 0 aliphatic heterocycles. The highest BCUT2D eigenvalue weighted by Crippen LogP contribution is 2.23. The monoisotopic (exact) mass is 319 g/mol. The predicted molar refractivity (Wildman–Crippen MR) is 87.8 cm³/mol. The van der Waals surface area contributed by atoms with Crippen molar-refractivity contribution in [3.8, 4) is 11.5 Å². The molecule has 0 atom stereocenters. The summed E-state index contributed by atoms with van der Waals surface area (Å²) in [4.78, 5) is 11.1. The molecular formula is C17H18ClNO3. The zero-order valence-electron chi connectivity index (χ0n) is 12.3. The van der Waals surface area contributed by atoms with Crippen LogP contribution in [0.2, 0.25) is 5.02 Å². The number of ether oxygens (including phenoxy) is 2. The number of carbonyl (C=O) groups is 1. The summed E-state index contributed by atoms with van der Waals surface area (Å²) in [6, 6.07) is 14.6. The number of rotatable bonds is 7. The average Bonchev–Trinajstić information content (AvgIpc) is 2.50. The molecule has 2 rings (SSSR count). The standard InChI is InChI=1S/C17H18ClNO3/c1-13(20)19-16-5-2-3-6-17(16)22-12-4-11-21-15-9-7-14(18)8-10-15/h2-3,5-10H,4,11-12H2,1H3,(H,19,20). The second kappa shape index (κ2) is 8.29. The van der Waals surface area contributed by atoms with E-state index in [9.17, 15) is 4.79 Å². The molecule has 116 valence electrons. The van der Waals surface area contributed by atoms with Gasteiger partial charge in [-0.2, -0.15) is 0 Å². The highest BCUT2D eigenvalue weighted by Gasteiger charge is 2.04. The van der Waals surface area contributed by atoms with E-state index in [4.69, 9.17) is 21.1 Å². The van der Waals surface area contributed by atoms with Crippen LogP contribution < -0.4 is 14.8 Å². The summed E-state index contributed by atoms with van der Waals surface area (Å²) < 4.78 is 11.3. The van der Waals surface area contributed by atoms with Crippen LogP contribution in [0.3, 0.4) is 0 Å². The molecular weight excluding hydrogens is 302 g/mol. The lowest BCUT2D eigenvalue weighted by atomic mass is 10.3. The van der Waals surface area contributed by atoms with Crippen LogP contribution in [-0.4, -0.2) is 19.1 Å². The third kappa shape index (κ3) is 5.30. The van der Waals surface area contributed by atoms with E-state index in [0.29, 0.717) is 29.7 Å². The van der Waals surface area contributed by atoms with E-state index in [2.05, 4.69) is 5.32 Å². The van der Waals surface area contributed by atoms with Crippen molar-refractivity contribution >= 4 is 23.2 Å². The van der Waals surface area contributed by atoms with Gasteiger partial charge in [-0.1, -0.05) is 23.7 Å². The molecule has 0 aromatic heterocycles. The van der Waals surface area contributed by atoms with Crippen molar-refractivity contribution in [2.75, 3.05) is 18.5 Å². The highest BCUT2D eigenvalue weighted by atomic mass is 35.5. The van der Waals surface area contributed by atoms with Gasteiger partial charge >= 0.3 is 0 Å². The Kier molecular flexibility index (Phi) is 6.10. The molecule has 0 heterocycles. The Bertz CT molecular complexity index is 614. The Morgan fingerprint density at radius 3 is 2.45 bits per heavy atom. The van der Waals surface area contributed by atoms with Gasteiger partial charge in [0.15, 0.2) is 0 Å². The molecule has 0 saturated heterocycles. The minimum Gasteiger partial charge on any atom is -0.493 e. The van der Waals surface area contributed by atoms with Gasteiger partial charge in [0.25, 0.3) is 0 Å². The lowest BCUT2D eigenvalue weighted by Gasteiger charge is -2.12. The molecule has 0 saturated carbocycles. The zero-order chi connectivity index (χ0) is 15.8. The Morgan fingerprint density at radius 1 is 1.05 bits per heavy atom. The predicted octanol–water partition coefficient (Wildman–Crippen LogP) is 4.15. The first-order valence-corrected chi connectivity index (χ1v) is 7.41. The van der Waals surface area contributed by atoms with Crippen molar-refractivity contribution in [3.63, 3.8) is 0 Å². The van der Waals surface area contributed by atoms with E-state index in [1.54, 1.807) is 18.2 Å². The maximum absolute atomic E-state index is 11.1. The highest BCUT2D eigenvalue weighted by molar-refractivity contribution is 6.30. The third-order valence-corrected chi connectivity index (χ3v) is 3.08. The minimum atomic E-state index is -0.123. The molecule has 22 heavy (non-hydrogen) atoms. The number of carbonyl (C=O) groups excluding carboxylic acids is 1. The summed E-state index contributed by atoms with van der Waals surface area (Å²) in [6.45, 7) is 2.52. The number of para-hydroxylation sites is 2. The fraction of sp³-hybridized carbons (Fsp3) is 0.235. The molecule has 0 spiro atoms. The molecule has 0 fully saturated rings. The van der Waals surface area contributed by atoms with E-state index in [-0.39, 0.29) is 5.91 Å². The lowest BCUT2D eigenvalue weighted by molar-refractivity contribution is -0.114. The van der Waals surface area contributed by atoms with Gasteiger partial charge in [-0.3, -0.25) is 4.79 Å². The van der Waals surface area contributed by atoms with Crippen LogP contribution in [0.5, 0.6) is 11.5 Å². The van der Waals surface area contributed by atoms with E-state index in [1.165, 1.54) is 6.92 Å². The Hall–Kier alpha value is -2.20. The van der Waals surface area contributed by atoms with Crippen LogP contribution >= 0.6 is 11.6 Å². The molecule has 2 aromatic carbocycles. The molecule has 0 unspecified atom stereocenters. The smallest absolute Gasteiger partial charge is 0.221 e. The number of amides is 1. The fourth-order valence-corrected chi connectivity index (χ4v) is 1.97.